The van der Waals surface area contributed by atoms with E-state index >= 15 is 0 Å². The fourth-order valence-electron chi connectivity index (χ4n) is 4.71. The van der Waals surface area contributed by atoms with Crippen molar-refractivity contribution in [2.24, 2.45) is 16.7 Å². The monoisotopic (exact) mass is 334 g/mol. The molecule has 4 heterocycles. The molecular formula is C18H16N5O2+. The maximum Gasteiger partial charge on any atom is 0.218 e. The Morgan fingerprint density at radius 1 is 1.20 bits per heavy atom. The Kier molecular flexibility index (Phi) is 3.13. The number of hydrogen-bond acceptors (Lipinski definition) is 6. The van der Waals surface area contributed by atoms with E-state index < -0.39 is 28.6 Å². The Morgan fingerprint density at radius 3 is 2.64 bits per heavy atom. The number of fused-ring (bicyclic) bond motifs is 2. The molecule has 4 aliphatic rings. The third-order valence-corrected chi connectivity index (χ3v) is 5.85. The van der Waals surface area contributed by atoms with Crippen LogP contribution in [-0.2, 0) is 9.47 Å². The van der Waals surface area contributed by atoms with Crippen LogP contribution in [0.5, 0.6) is 0 Å². The quantitative estimate of drug-likeness (QED) is 0.840. The van der Waals surface area contributed by atoms with Gasteiger partial charge in [-0.05, 0) is 18.9 Å². The summed E-state index contributed by atoms with van der Waals surface area (Å²) >= 11 is 0. The van der Waals surface area contributed by atoms with Crippen molar-refractivity contribution in [3.05, 3.63) is 30.1 Å². The minimum Gasteiger partial charge on any atom is -0.447 e. The summed E-state index contributed by atoms with van der Waals surface area (Å²) in [6.45, 7) is 0. The van der Waals surface area contributed by atoms with Crippen molar-refractivity contribution in [1.82, 2.24) is 0 Å². The normalized spacial score (nSPS) is 37.7. The lowest BCUT2D eigenvalue weighted by Crippen LogP contribution is -2.73. The van der Waals surface area contributed by atoms with Gasteiger partial charge in [-0.3, -0.25) is 5.41 Å². The first-order valence-corrected chi connectivity index (χ1v) is 8.26. The molecule has 7 heteroatoms. The van der Waals surface area contributed by atoms with Gasteiger partial charge in [-0.25, -0.2) is 4.98 Å². The molecule has 4 unspecified atom stereocenters. The van der Waals surface area contributed by atoms with Crippen LogP contribution in [0.3, 0.4) is 0 Å². The van der Waals surface area contributed by atoms with Crippen LogP contribution in [0.15, 0.2) is 24.5 Å². The number of hydrogen-bond donors (Lipinski definition) is 1. The Balaban J connectivity index is 2.02. The van der Waals surface area contributed by atoms with Crippen molar-refractivity contribution < 1.29 is 14.5 Å². The van der Waals surface area contributed by atoms with E-state index in [-0.39, 0.29) is 5.90 Å². The second kappa shape index (κ2) is 5.02. The molecule has 3 aliphatic heterocycles. The lowest BCUT2D eigenvalue weighted by atomic mass is 9.48. The number of H-pyrrole nitrogens is 1. The Hall–Kier alpha value is -2.95. The topological polar surface area (TPSA) is 128 Å². The molecule has 0 aromatic carbocycles. The van der Waals surface area contributed by atoms with Crippen molar-refractivity contribution in [3.63, 3.8) is 0 Å². The van der Waals surface area contributed by atoms with Crippen LogP contribution in [0.2, 0.25) is 0 Å². The summed E-state index contributed by atoms with van der Waals surface area (Å²) in [5, 5.41) is 38.6. The van der Waals surface area contributed by atoms with Gasteiger partial charge in [-0.1, -0.05) is 6.42 Å². The van der Waals surface area contributed by atoms with Crippen molar-refractivity contribution in [2.75, 3.05) is 0 Å². The molecular weight excluding hydrogens is 318 g/mol. The van der Waals surface area contributed by atoms with Gasteiger partial charge < -0.3 is 9.47 Å². The molecule has 5 rings (SSSR count). The van der Waals surface area contributed by atoms with Crippen LogP contribution in [-0.4, -0.2) is 11.7 Å². The maximum absolute atomic E-state index is 10.1. The predicted octanol–water partition coefficient (Wildman–Crippen LogP) is 2.01. The molecule has 124 valence electrons. The number of aromatic amines is 1. The third-order valence-electron chi connectivity index (χ3n) is 5.85. The minimum absolute atomic E-state index is 0.337. The molecule has 2 N–H and O–H groups in total. The zero-order chi connectivity index (χ0) is 17.7. The van der Waals surface area contributed by atoms with Crippen LogP contribution in [0.25, 0.3) is 0 Å². The van der Waals surface area contributed by atoms with Gasteiger partial charge in [0.15, 0.2) is 23.2 Å². The van der Waals surface area contributed by atoms with Gasteiger partial charge in [-0.15, -0.1) is 0 Å². The Bertz CT molecular complexity index is 850. The summed E-state index contributed by atoms with van der Waals surface area (Å²) in [7, 11) is 0. The number of nitrogens with zero attached hydrogens (tertiary/aromatic N) is 3. The molecule has 1 saturated carbocycles. The number of ether oxygens (including phenoxy) is 2. The highest BCUT2D eigenvalue weighted by atomic mass is 16.7. The molecule has 0 radical (unpaired) electrons. The van der Waals surface area contributed by atoms with E-state index in [1.54, 1.807) is 24.5 Å². The summed E-state index contributed by atoms with van der Waals surface area (Å²) in [5.41, 5.74) is -2.86. The van der Waals surface area contributed by atoms with Crippen molar-refractivity contribution >= 4 is 5.90 Å². The first-order chi connectivity index (χ1) is 12.1. The Labute approximate surface area is 144 Å². The maximum atomic E-state index is 10.1. The molecule has 1 spiro atoms. The third kappa shape index (κ3) is 1.60. The molecule has 0 amide bonds. The smallest absolute Gasteiger partial charge is 0.218 e. The van der Waals surface area contributed by atoms with Gasteiger partial charge >= 0.3 is 0 Å². The molecule has 1 aromatic rings. The van der Waals surface area contributed by atoms with Gasteiger partial charge in [0.2, 0.25) is 11.7 Å². The average Bonchev–Trinajstić information content (AvgIpc) is 2.66. The second-order valence-electron chi connectivity index (χ2n) is 6.83. The highest BCUT2D eigenvalue weighted by Crippen LogP contribution is 2.69. The lowest BCUT2D eigenvalue weighted by molar-refractivity contribution is -0.386. The average molecular weight is 334 g/mol. The van der Waals surface area contributed by atoms with Gasteiger partial charge in [-0.2, -0.15) is 15.8 Å². The molecule has 25 heavy (non-hydrogen) atoms. The van der Waals surface area contributed by atoms with Crippen molar-refractivity contribution in [1.29, 1.82) is 21.2 Å². The second-order valence-corrected chi connectivity index (χ2v) is 6.83. The van der Waals surface area contributed by atoms with E-state index in [0.29, 0.717) is 18.4 Å². The molecule has 2 bridgehead atoms. The number of pyridine rings is 1. The highest BCUT2D eigenvalue weighted by Gasteiger charge is 2.80. The zero-order valence-corrected chi connectivity index (χ0v) is 13.5. The summed E-state index contributed by atoms with van der Waals surface area (Å²) in [6.07, 6.45) is 5.20. The summed E-state index contributed by atoms with van der Waals surface area (Å²) in [5.74, 6) is -2.09. The number of rotatable bonds is 1. The lowest BCUT2D eigenvalue weighted by Gasteiger charge is -2.63. The molecule has 1 aliphatic carbocycles. The molecule has 1 aromatic heterocycles. The molecule has 4 atom stereocenters. The van der Waals surface area contributed by atoms with Crippen LogP contribution < -0.4 is 4.98 Å². The first-order valence-electron chi connectivity index (χ1n) is 8.26. The van der Waals surface area contributed by atoms with E-state index in [1.807, 2.05) is 0 Å². The molecule has 4 fully saturated rings. The van der Waals surface area contributed by atoms with E-state index in [9.17, 15) is 15.8 Å². The zero-order valence-electron chi connectivity index (χ0n) is 13.5. The molecule has 7 nitrogen and oxygen atoms in total. The van der Waals surface area contributed by atoms with Crippen LogP contribution in [0.4, 0.5) is 0 Å². The fraction of sp³-hybridized carbons (Fsp3) is 0.500. The van der Waals surface area contributed by atoms with Crippen LogP contribution in [0.1, 0.15) is 37.4 Å². The van der Waals surface area contributed by atoms with Crippen LogP contribution in [0, 0.1) is 56.2 Å². The van der Waals surface area contributed by atoms with E-state index in [0.717, 1.165) is 12.8 Å². The number of aromatic nitrogens is 1. The van der Waals surface area contributed by atoms with E-state index in [1.165, 1.54) is 0 Å². The van der Waals surface area contributed by atoms with Gasteiger partial charge in [0, 0.05) is 18.1 Å². The highest BCUT2D eigenvalue weighted by molar-refractivity contribution is 5.88. The van der Waals surface area contributed by atoms with Crippen molar-refractivity contribution in [2.45, 2.75) is 37.6 Å². The Morgan fingerprint density at radius 2 is 2.00 bits per heavy atom. The number of nitriles is 3. The predicted molar refractivity (Wildman–Crippen MR) is 82.0 cm³/mol. The minimum atomic E-state index is -1.80. The summed E-state index contributed by atoms with van der Waals surface area (Å²) < 4.78 is 12.1. The SMILES string of the molecule is N#CC1(C#N)C2CCCCC23OC(=N)C1(C#N)C(c1ccc[nH+]c1)O3. The van der Waals surface area contributed by atoms with Gasteiger partial charge in [0.1, 0.15) is 6.10 Å². The number of nitrogens with one attached hydrogen (secondary N) is 2. The fourth-order valence-corrected chi connectivity index (χ4v) is 4.71. The van der Waals surface area contributed by atoms with E-state index in [2.05, 4.69) is 23.2 Å². The summed E-state index contributed by atoms with van der Waals surface area (Å²) in [4.78, 5) is 2.94. The van der Waals surface area contributed by atoms with Gasteiger partial charge in [0.05, 0.1) is 24.1 Å². The molecule has 3 saturated heterocycles. The van der Waals surface area contributed by atoms with Crippen LogP contribution >= 0.6 is 0 Å². The van der Waals surface area contributed by atoms with Crippen molar-refractivity contribution in [3.8, 4) is 18.2 Å². The standard InChI is InChI=1S/C18H15N5O2/c19-9-16(10-20)13-5-1-2-6-18(13)24-14(12-4-3-7-23-8-12)17(16,11-21)15(22)25-18/h3-4,7-8,13-14,22H,1-2,5-6H2/p+1. The summed E-state index contributed by atoms with van der Waals surface area (Å²) in [6, 6.07) is 9.86. The van der Waals surface area contributed by atoms with Gasteiger partial charge in [0.25, 0.3) is 0 Å². The first kappa shape index (κ1) is 15.6. The van der Waals surface area contributed by atoms with E-state index in [4.69, 9.17) is 14.9 Å². The largest absolute Gasteiger partial charge is 0.447 e.